The van der Waals surface area contributed by atoms with E-state index in [1.54, 1.807) is 22.9 Å². The van der Waals surface area contributed by atoms with Crippen LogP contribution in [0, 0.1) is 0 Å². The van der Waals surface area contributed by atoms with Gasteiger partial charge in [0.2, 0.25) is 0 Å². The Labute approximate surface area is 136 Å². The van der Waals surface area contributed by atoms with Crippen molar-refractivity contribution in [1.29, 1.82) is 0 Å². The second-order valence-corrected chi connectivity index (χ2v) is 5.99. The van der Waals surface area contributed by atoms with Crippen LogP contribution in [-0.4, -0.2) is 15.6 Å². The lowest BCUT2D eigenvalue weighted by Gasteiger charge is -2.06. The van der Waals surface area contributed by atoms with Gasteiger partial charge in [0.05, 0.1) is 37.9 Å². The Balaban J connectivity index is 2.36. The molecule has 0 saturated carbocycles. The molecule has 0 bridgehead atoms. The number of Topliss-reactive ketones (excluding diaryl/α,β-unsaturated/α-hetero) is 1. The lowest BCUT2D eigenvalue weighted by molar-refractivity contribution is 0.0991. The largest absolute Gasteiger partial charge is 0.294 e. The van der Waals surface area contributed by atoms with Crippen LogP contribution in [-0.2, 0) is 19.9 Å². The van der Waals surface area contributed by atoms with Crippen LogP contribution in [0.5, 0.6) is 0 Å². The summed E-state index contributed by atoms with van der Waals surface area (Å²) in [7, 11) is 1.82. The van der Waals surface area contributed by atoms with E-state index in [-0.39, 0.29) is 12.2 Å². The maximum Gasteiger partial charge on any atom is 0.171 e. The summed E-state index contributed by atoms with van der Waals surface area (Å²) in [6.45, 7) is 2.02. The fourth-order valence-corrected chi connectivity index (χ4v) is 3.38. The topological polar surface area (TPSA) is 34.9 Å². The summed E-state index contributed by atoms with van der Waals surface area (Å²) in [6.07, 6.45) is 1.00. The predicted molar refractivity (Wildman–Crippen MR) is 84.8 cm³/mol. The molecule has 2 rings (SSSR count). The predicted octanol–water partition coefficient (Wildman–Crippen LogP) is 4.48. The highest BCUT2D eigenvalue weighted by Gasteiger charge is 2.20. The Morgan fingerprint density at radius 2 is 1.95 bits per heavy atom. The molecule has 1 aromatic carbocycles. The van der Waals surface area contributed by atoms with E-state index in [4.69, 9.17) is 23.2 Å². The van der Waals surface area contributed by atoms with Gasteiger partial charge in [-0.1, -0.05) is 36.2 Å². The van der Waals surface area contributed by atoms with Crippen LogP contribution in [0.4, 0.5) is 0 Å². The van der Waals surface area contributed by atoms with Crippen molar-refractivity contribution >= 4 is 44.9 Å². The lowest BCUT2D eigenvalue weighted by atomic mass is 10.1. The zero-order chi connectivity index (χ0) is 14.9. The molecule has 0 fully saturated rings. The Morgan fingerprint density at radius 3 is 2.45 bits per heavy atom. The number of hydrogen-bond acceptors (Lipinski definition) is 2. The molecule has 0 amide bonds. The third-order valence-corrected chi connectivity index (χ3v) is 4.62. The monoisotopic (exact) mass is 374 g/mol. The smallest absolute Gasteiger partial charge is 0.171 e. The van der Waals surface area contributed by atoms with E-state index in [0.29, 0.717) is 15.6 Å². The van der Waals surface area contributed by atoms with Crippen LogP contribution in [0.15, 0.2) is 22.7 Å². The first kappa shape index (κ1) is 15.5. The number of ketones is 1. The summed E-state index contributed by atoms with van der Waals surface area (Å²) in [5.41, 5.74) is 2.12. The Hall–Kier alpha value is -0.840. The highest BCUT2D eigenvalue weighted by Crippen LogP contribution is 2.28. The van der Waals surface area contributed by atoms with Crippen molar-refractivity contribution in [3.63, 3.8) is 0 Å². The fraction of sp³-hybridized carbons (Fsp3) is 0.286. The molecule has 20 heavy (non-hydrogen) atoms. The molecular formula is C14H13BrCl2N2O. The first-order valence-corrected chi connectivity index (χ1v) is 7.68. The maximum absolute atomic E-state index is 12.4. The normalized spacial score (nSPS) is 10.8. The molecule has 6 heteroatoms. The van der Waals surface area contributed by atoms with Crippen molar-refractivity contribution in [2.24, 2.45) is 7.05 Å². The van der Waals surface area contributed by atoms with Gasteiger partial charge in [0.15, 0.2) is 5.78 Å². The average molecular weight is 376 g/mol. The molecule has 0 N–H and O–H groups in total. The van der Waals surface area contributed by atoms with Crippen LogP contribution in [0.3, 0.4) is 0 Å². The van der Waals surface area contributed by atoms with Gasteiger partial charge in [-0.15, -0.1) is 0 Å². The molecule has 0 radical (unpaired) electrons. The van der Waals surface area contributed by atoms with Gasteiger partial charge in [-0.05, 0) is 34.5 Å². The molecule has 3 nitrogen and oxygen atoms in total. The zero-order valence-corrected chi connectivity index (χ0v) is 14.2. The number of aryl methyl sites for hydroxylation is 2. The van der Waals surface area contributed by atoms with Gasteiger partial charge in [0, 0.05) is 7.05 Å². The Bertz CT molecular complexity index is 647. The molecule has 0 saturated heterocycles. The summed E-state index contributed by atoms with van der Waals surface area (Å²) >= 11 is 15.6. The number of hydrogen-bond donors (Lipinski definition) is 0. The minimum absolute atomic E-state index is 0.119. The number of benzene rings is 1. The fourth-order valence-electron chi connectivity index (χ4n) is 2.02. The average Bonchev–Trinajstić information content (AvgIpc) is 2.66. The minimum atomic E-state index is -0.119. The van der Waals surface area contributed by atoms with Gasteiger partial charge >= 0.3 is 0 Å². The van der Waals surface area contributed by atoms with E-state index < -0.39 is 0 Å². The summed E-state index contributed by atoms with van der Waals surface area (Å²) in [5.74, 6) is -0.119. The van der Waals surface area contributed by atoms with Gasteiger partial charge < -0.3 is 0 Å². The molecule has 106 valence electrons. The third kappa shape index (κ3) is 2.92. The third-order valence-electron chi connectivity index (χ3n) is 3.07. The summed E-state index contributed by atoms with van der Waals surface area (Å²) in [5, 5.41) is 5.12. The number of aromatic nitrogens is 2. The quantitative estimate of drug-likeness (QED) is 0.738. The van der Waals surface area contributed by atoms with E-state index in [1.165, 1.54) is 0 Å². The molecule has 0 aliphatic rings. The van der Waals surface area contributed by atoms with Crippen molar-refractivity contribution in [2.75, 3.05) is 0 Å². The van der Waals surface area contributed by atoms with Gasteiger partial charge in [0.1, 0.15) is 0 Å². The van der Waals surface area contributed by atoms with Crippen LogP contribution >= 0.6 is 39.1 Å². The second-order valence-electron chi connectivity index (χ2n) is 4.38. The molecule has 0 unspecified atom stereocenters. The van der Waals surface area contributed by atoms with Gasteiger partial charge in [-0.25, -0.2) is 0 Å². The molecule has 1 heterocycles. The molecule has 1 aromatic heterocycles. The zero-order valence-electron chi connectivity index (χ0n) is 11.1. The van der Waals surface area contributed by atoms with E-state index in [0.717, 1.165) is 22.3 Å². The van der Waals surface area contributed by atoms with Crippen molar-refractivity contribution < 1.29 is 4.79 Å². The number of carbonyl (C=O) groups excluding carboxylic acids is 1. The van der Waals surface area contributed by atoms with Crippen LogP contribution in [0.2, 0.25) is 10.0 Å². The van der Waals surface area contributed by atoms with Crippen molar-refractivity contribution in [2.45, 2.75) is 19.8 Å². The van der Waals surface area contributed by atoms with Crippen molar-refractivity contribution in [1.82, 2.24) is 9.78 Å². The number of halogens is 3. The molecule has 0 aliphatic heterocycles. The highest BCUT2D eigenvalue weighted by molar-refractivity contribution is 9.10. The van der Waals surface area contributed by atoms with E-state index >= 15 is 0 Å². The maximum atomic E-state index is 12.4. The summed E-state index contributed by atoms with van der Waals surface area (Å²) in [4.78, 5) is 12.4. The Kier molecular flexibility index (Phi) is 4.89. The van der Waals surface area contributed by atoms with Crippen LogP contribution in [0.25, 0.3) is 0 Å². The Morgan fingerprint density at radius 1 is 1.35 bits per heavy atom. The standard InChI is InChI=1S/C14H13BrCl2N2O/c1-3-10-14(15)11(19(2)18-10)7-12(20)13-8(16)5-4-6-9(13)17/h4-6H,3,7H2,1-2H3. The van der Waals surface area contributed by atoms with Gasteiger partial charge in [-0.3, -0.25) is 9.48 Å². The molecule has 2 aromatic rings. The number of rotatable bonds is 4. The molecule has 0 spiro atoms. The SMILES string of the molecule is CCc1nn(C)c(CC(=O)c2c(Cl)cccc2Cl)c1Br. The van der Waals surface area contributed by atoms with Gasteiger partial charge in [0.25, 0.3) is 0 Å². The lowest BCUT2D eigenvalue weighted by Crippen LogP contribution is -2.09. The highest BCUT2D eigenvalue weighted by atomic mass is 79.9. The van der Waals surface area contributed by atoms with Gasteiger partial charge in [-0.2, -0.15) is 5.10 Å². The van der Waals surface area contributed by atoms with Crippen LogP contribution in [0.1, 0.15) is 28.7 Å². The van der Waals surface area contributed by atoms with Crippen LogP contribution < -0.4 is 0 Å². The summed E-state index contributed by atoms with van der Waals surface area (Å²) < 4.78 is 2.59. The molecule has 0 atom stereocenters. The second kappa shape index (κ2) is 6.29. The molecular weight excluding hydrogens is 363 g/mol. The minimum Gasteiger partial charge on any atom is -0.294 e. The van der Waals surface area contributed by atoms with E-state index in [1.807, 2.05) is 14.0 Å². The number of nitrogens with zero attached hydrogens (tertiary/aromatic N) is 2. The van der Waals surface area contributed by atoms with E-state index in [2.05, 4.69) is 21.0 Å². The summed E-state index contributed by atoms with van der Waals surface area (Å²) in [6, 6.07) is 5.05. The van der Waals surface area contributed by atoms with Crippen molar-refractivity contribution in [3.05, 3.63) is 49.7 Å². The number of carbonyl (C=O) groups is 1. The first-order chi connectivity index (χ1) is 9.45. The first-order valence-electron chi connectivity index (χ1n) is 6.13. The molecule has 0 aliphatic carbocycles. The van der Waals surface area contributed by atoms with Crippen molar-refractivity contribution in [3.8, 4) is 0 Å². The van der Waals surface area contributed by atoms with E-state index in [9.17, 15) is 4.79 Å².